The number of nitrogens with two attached hydrogens (primary N) is 1. The van der Waals surface area contributed by atoms with Crippen molar-refractivity contribution >= 4 is 11.6 Å². The Labute approximate surface area is 126 Å². The van der Waals surface area contributed by atoms with E-state index < -0.39 is 6.10 Å². The van der Waals surface area contributed by atoms with Crippen LogP contribution in [0.15, 0.2) is 18.2 Å². The summed E-state index contributed by atoms with van der Waals surface area (Å²) in [4.78, 5) is 14.0. The molecule has 2 rings (SSSR count). The lowest BCUT2D eigenvalue weighted by molar-refractivity contribution is -0.127. The lowest BCUT2D eigenvalue weighted by atomic mass is 10.0. The van der Waals surface area contributed by atoms with Crippen molar-refractivity contribution in [2.45, 2.75) is 45.3 Å². The van der Waals surface area contributed by atoms with E-state index in [9.17, 15) is 4.79 Å². The van der Waals surface area contributed by atoms with Gasteiger partial charge in [0.15, 0.2) is 6.10 Å². The molecule has 0 aromatic heterocycles. The molecular weight excluding hydrogens is 268 g/mol. The topological polar surface area (TPSA) is 64.8 Å². The quantitative estimate of drug-likeness (QED) is 0.875. The Morgan fingerprint density at radius 3 is 2.81 bits per heavy atom. The molecule has 21 heavy (non-hydrogen) atoms. The largest absolute Gasteiger partial charge is 0.478 e. The summed E-state index contributed by atoms with van der Waals surface area (Å²) in [5, 5.41) is 0. The van der Waals surface area contributed by atoms with E-state index in [1.54, 1.807) is 12.0 Å². The van der Waals surface area contributed by atoms with Crippen LogP contribution in [0.4, 0.5) is 5.69 Å². The highest BCUT2D eigenvalue weighted by molar-refractivity contribution is 5.99. The SMILES string of the molecule is CCCC(N)c1ccc2c(c1)N(COC)C(=O)C(CC)O2. The minimum Gasteiger partial charge on any atom is -0.478 e. The summed E-state index contributed by atoms with van der Waals surface area (Å²) in [6.07, 6.45) is 2.13. The highest BCUT2D eigenvalue weighted by atomic mass is 16.5. The number of benzene rings is 1. The van der Waals surface area contributed by atoms with Crippen molar-refractivity contribution in [3.8, 4) is 5.75 Å². The zero-order valence-corrected chi connectivity index (χ0v) is 13.0. The van der Waals surface area contributed by atoms with Crippen LogP contribution < -0.4 is 15.4 Å². The molecule has 1 aliphatic heterocycles. The van der Waals surface area contributed by atoms with E-state index >= 15 is 0 Å². The lowest BCUT2D eigenvalue weighted by Gasteiger charge is -2.34. The van der Waals surface area contributed by atoms with Crippen LogP contribution in [-0.4, -0.2) is 25.9 Å². The average molecular weight is 292 g/mol. The molecular formula is C16H24N2O3. The number of hydrogen-bond donors (Lipinski definition) is 1. The maximum atomic E-state index is 12.4. The van der Waals surface area contributed by atoms with Gasteiger partial charge in [0.25, 0.3) is 5.91 Å². The second-order valence-corrected chi connectivity index (χ2v) is 5.32. The number of nitrogens with zero attached hydrogens (tertiary/aromatic N) is 1. The Morgan fingerprint density at radius 1 is 1.43 bits per heavy atom. The maximum absolute atomic E-state index is 12.4. The molecule has 1 amide bonds. The summed E-state index contributed by atoms with van der Waals surface area (Å²) < 4.78 is 10.9. The van der Waals surface area contributed by atoms with Crippen molar-refractivity contribution in [2.75, 3.05) is 18.7 Å². The number of carbonyl (C=O) groups is 1. The van der Waals surface area contributed by atoms with Gasteiger partial charge in [-0.2, -0.15) is 0 Å². The zero-order chi connectivity index (χ0) is 15.4. The predicted octanol–water partition coefficient (Wildman–Crippen LogP) is 2.59. The number of amides is 1. The number of fused-ring (bicyclic) bond motifs is 1. The summed E-state index contributed by atoms with van der Waals surface area (Å²) in [6.45, 7) is 4.26. The first-order chi connectivity index (χ1) is 10.1. The first-order valence-corrected chi connectivity index (χ1v) is 7.48. The van der Waals surface area contributed by atoms with Crippen molar-refractivity contribution in [2.24, 2.45) is 5.73 Å². The minimum absolute atomic E-state index is 0.0244. The van der Waals surface area contributed by atoms with E-state index in [-0.39, 0.29) is 18.7 Å². The number of hydrogen-bond acceptors (Lipinski definition) is 4. The van der Waals surface area contributed by atoms with Crippen LogP contribution in [0, 0.1) is 0 Å². The van der Waals surface area contributed by atoms with E-state index in [0.717, 1.165) is 24.1 Å². The van der Waals surface area contributed by atoms with Gasteiger partial charge in [0, 0.05) is 13.2 Å². The molecule has 0 saturated heterocycles. The summed E-state index contributed by atoms with van der Waals surface area (Å²) in [7, 11) is 1.58. The van der Waals surface area contributed by atoms with Gasteiger partial charge in [0.1, 0.15) is 12.5 Å². The average Bonchev–Trinajstić information content (AvgIpc) is 2.49. The van der Waals surface area contributed by atoms with Gasteiger partial charge in [0.05, 0.1) is 5.69 Å². The minimum atomic E-state index is -0.442. The van der Waals surface area contributed by atoms with Crippen molar-refractivity contribution in [3.63, 3.8) is 0 Å². The number of carbonyl (C=O) groups excluding carboxylic acids is 1. The predicted molar refractivity (Wildman–Crippen MR) is 82.3 cm³/mol. The Balaban J connectivity index is 2.37. The van der Waals surface area contributed by atoms with Crippen LogP contribution >= 0.6 is 0 Å². The van der Waals surface area contributed by atoms with Gasteiger partial charge in [-0.1, -0.05) is 26.3 Å². The molecule has 0 fully saturated rings. The number of ether oxygens (including phenoxy) is 2. The number of anilines is 1. The van der Waals surface area contributed by atoms with Crippen molar-refractivity contribution in [3.05, 3.63) is 23.8 Å². The molecule has 0 bridgehead atoms. The third kappa shape index (κ3) is 3.19. The number of rotatable bonds is 6. The van der Waals surface area contributed by atoms with Crippen LogP contribution in [0.2, 0.25) is 0 Å². The molecule has 2 N–H and O–H groups in total. The Bertz CT molecular complexity index is 504. The molecule has 1 heterocycles. The molecule has 1 aromatic carbocycles. The molecule has 116 valence electrons. The lowest BCUT2D eigenvalue weighted by Crippen LogP contribution is -2.46. The molecule has 0 spiro atoms. The van der Waals surface area contributed by atoms with E-state index in [1.165, 1.54) is 0 Å². The third-order valence-corrected chi connectivity index (χ3v) is 3.74. The molecule has 0 saturated carbocycles. The van der Waals surface area contributed by atoms with Crippen LogP contribution in [0.1, 0.15) is 44.7 Å². The smallest absolute Gasteiger partial charge is 0.270 e. The van der Waals surface area contributed by atoms with Gasteiger partial charge >= 0.3 is 0 Å². The van der Waals surface area contributed by atoms with E-state index in [0.29, 0.717) is 12.2 Å². The Kier molecular flexibility index (Phi) is 5.20. The van der Waals surface area contributed by atoms with Gasteiger partial charge in [0.2, 0.25) is 0 Å². The first kappa shape index (κ1) is 15.8. The molecule has 0 radical (unpaired) electrons. The fourth-order valence-corrected chi connectivity index (χ4v) is 2.57. The van der Waals surface area contributed by atoms with Crippen molar-refractivity contribution in [1.82, 2.24) is 0 Å². The monoisotopic (exact) mass is 292 g/mol. The molecule has 2 atom stereocenters. The second-order valence-electron chi connectivity index (χ2n) is 5.32. The Hall–Kier alpha value is -1.59. The fourth-order valence-electron chi connectivity index (χ4n) is 2.57. The second kappa shape index (κ2) is 6.91. The van der Waals surface area contributed by atoms with E-state index in [1.807, 2.05) is 25.1 Å². The Morgan fingerprint density at radius 2 is 2.19 bits per heavy atom. The van der Waals surface area contributed by atoms with E-state index in [4.69, 9.17) is 15.2 Å². The molecule has 0 aliphatic carbocycles. The van der Waals surface area contributed by atoms with Gasteiger partial charge in [-0.25, -0.2) is 0 Å². The van der Waals surface area contributed by atoms with Gasteiger partial charge in [-0.05, 0) is 30.5 Å². The van der Waals surface area contributed by atoms with Crippen LogP contribution in [-0.2, 0) is 9.53 Å². The molecule has 1 aromatic rings. The third-order valence-electron chi connectivity index (χ3n) is 3.74. The van der Waals surface area contributed by atoms with Crippen LogP contribution in [0.25, 0.3) is 0 Å². The van der Waals surface area contributed by atoms with Crippen LogP contribution in [0.5, 0.6) is 5.75 Å². The highest BCUT2D eigenvalue weighted by Gasteiger charge is 2.33. The van der Waals surface area contributed by atoms with Crippen molar-refractivity contribution in [1.29, 1.82) is 0 Å². The van der Waals surface area contributed by atoms with Gasteiger partial charge in [-0.3, -0.25) is 9.69 Å². The first-order valence-electron chi connectivity index (χ1n) is 7.48. The molecule has 5 nitrogen and oxygen atoms in total. The maximum Gasteiger partial charge on any atom is 0.270 e. The summed E-state index contributed by atoms with van der Waals surface area (Å²) in [5.41, 5.74) is 7.93. The zero-order valence-electron chi connectivity index (χ0n) is 13.0. The summed E-state index contributed by atoms with van der Waals surface area (Å²) in [6, 6.07) is 5.80. The van der Waals surface area contributed by atoms with E-state index in [2.05, 4.69) is 6.92 Å². The molecule has 5 heteroatoms. The fraction of sp³-hybridized carbons (Fsp3) is 0.562. The summed E-state index contributed by atoms with van der Waals surface area (Å²) >= 11 is 0. The summed E-state index contributed by atoms with van der Waals surface area (Å²) in [5.74, 6) is 0.652. The number of methoxy groups -OCH3 is 1. The van der Waals surface area contributed by atoms with Gasteiger partial charge < -0.3 is 15.2 Å². The van der Waals surface area contributed by atoms with Gasteiger partial charge in [-0.15, -0.1) is 0 Å². The standard InChI is InChI=1S/C16H24N2O3/c1-4-6-12(17)11-7-8-15-13(9-11)18(10-20-3)16(19)14(5-2)21-15/h7-9,12,14H,4-6,10,17H2,1-3H3. The highest BCUT2D eigenvalue weighted by Crippen LogP contribution is 2.37. The molecule has 2 unspecified atom stereocenters. The van der Waals surface area contributed by atoms with Crippen molar-refractivity contribution < 1.29 is 14.3 Å². The van der Waals surface area contributed by atoms with Crippen LogP contribution in [0.3, 0.4) is 0 Å². The normalized spacial score (nSPS) is 19.1. The molecule has 1 aliphatic rings.